The Morgan fingerprint density at radius 1 is 1.35 bits per heavy atom. The van der Waals surface area contributed by atoms with Crippen molar-refractivity contribution in [2.75, 3.05) is 11.4 Å². The van der Waals surface area contributed by atoms with Gasteiger partial charge in [-0.3, -0.25) is 4.79 Å². The zero-order valence-electron chi connectivity index (χ0n) is 10.8. The van der Waals surface area contributed by atoms with Crippen molar-refractivity contribution in [3.05, 3.63) is 29.8 Å². The van der Waals surface area contributed by atoms with Gasteiger partial charge in [0.1, 0.15) is 0 Å². The van der Waals surface area contributed by atoms with Crippen LogP contribution < -0.4 is 4.90 Å². The van der Waals surface area contributed by atoms with Gasteiger partial charge in [0, 0.05) is 23.8 Å². The Kier molecular flexibility index (Phi) is 3.82. The van der Waals surface area contributed by atoms with Gasteiger partial charge in [-0.2, -0.15) is 0 Å². The zero-order valence-corrected chi connectivity index (χ0v) is 10.8. The number of rotatable bonds is 6. The number of nitrogens with zero attached hydrogens (tertiary/aromatic N) is 1. The maximum atomic E-state index is 11.7. The summed E-state index contributed by atoms with van der Waals surface area (Å²) in [6.07, 6.45) is 4.94. The third kappa shape index (κ3) is 2.87. The number of para-hydroxylation sites is 1. The van der Waals surface area contributed by atoms with Gasteiger partial charge in [0.25, 0.3) is 0 Å². The topological polar surface area (TPSA) is 20.3 Å². The van der Waals surface area contributed by atoms with E-state index < -0.39 is 0 Å². The quantitative estimate of drug-likeness (QED) is 0.696. The first kappa shape index (κ1) is 12.2. The number of hydrogen-bond acceptors (Lipinski definition) is 2. The lowest BCUT2D eigenvalue weighted by Crippen LogP contribution is -2.28. The van der Waals surface area contributed by atoms with E-state index in [0.717, 1.165) is 17.8 Å². The lowest BCUT2D eigenvalue weighted by molar-refractivity contribution is 0.101. The molecule has 1 aliphatic rings. The number of carbonyl (C=O) groups is 1. The highest BCUT2D eigenvalue weighted by Crippen LogP contribution is 2.33. The number of anilines is 1. The highest BCUT2D eigenvalue weighted by Gasteiger charge is 2.30. The molecule has 0 radical (unpaired) electrons. The standard InChI is InChI=1S/C15H21NO/c1-3-4-11-16(13-9-10-13)15-8-6-5-7-14(15)12(2)17/h5-8,13H,3-4,9-11H2,1-2H3. The second-order valence-electron chi connectivity index (χ2n) is 4.85. The van der Waals surface area contributed by atoms with E-state index in [-0.39, 0.29) is 5.78 Å². The fourth-order valence-corrected chi connectivity index (χ4v) is 2.24. The molecule has 17 heavy (non-hydrogen) atoms. The van der Waals surface area contributed by atoms with Gasteiger partial charge in [-0.05, 0) is 38.3 Å². The van der Waals surface area contributed by atoms with E-state index in [2.05, 4.69) is 17.9 Å². The molecule has 2 nitrogen and oxygen atoms in total. The first-order chi connectivity index (χ1) is 8.24. The monoisotopic (exact) mass is 231 g/mol. The summed E-state index contributed by atoms with van der Waals surface area (Å²) in [5.74, 6) is 0.169. The molecule has 2 rings (SSSR count). The van der Waals surface area contributed by atoms with Crippen LogP contribution in [0.15, 0.2) is 24.3 Å². The Bertz CT molecular complexity index is 396. The molecule has 0 aliphatic heterocycles. The number of ketones is 1. The van der Waals surface area contributed by atoms with Crippen molar-refractivity contribution in [1.29, 1.82) is 0 Å². The summed E-state index contributed by atoms with van der Waals surface area (Å²) in [6.45, 7) is 4.94. The molecule has 0 heterocycles. The van der Waals surface area contributed by atoms with Crippen molar-refractivity contribution in [3.8, 4) is 0 Å². The molecule has 0 aromatic heterocycles. The van der Waals surface area contributed by atoms with Crippen molar-refractivity contribution < 1.29 is 4.79 Å². The van der Waals surface area contributed by atoms with Crippen LogP contribution in [0.25, 0.3) is 0 Å². The van der Waals surface area contributed by atoms with Crippen molar-refractivity contribution in [1.82, 2.24) is 0 Å². The number of benzene rings is 1. The number of carbonyl (C=O) groups excluding carboxylic acids is 1. The molecule has 0 unspecified atom stereocenters. The molecule has 1 aromatic rings. The summed E-state index contributed by atoms with van der Waals surface area (Å²) in [5.41, 5.74) is 2.01. The van der Waals surface area contributed by atoms with Crippen molar-refractivity contribution in [2.45, 2.75) is 45.6 Å². The Labute approximate surface area is 104 Å². The van der Waals surface area contributed by atoms with Gasteiger partial charge in [-0.25, -0.2) is 0 Å². The molecule has 0 spiro atoms. The minimum atomic E-state index is 0.169. The normalized spacial score (nSPS) is 14.7. The van der Waals surface area contributed by atoms with Crippen LogP contribution in [0, 0.1) is 0 Å². The predicted molar refractivity (Wildman–Crippen MR) is 71.7 cm³/mol. The Hall–Kier alpha value is -1.31. The Morgan fingerprint density at radius 2 is 2.06 bits per heavy atom. The Balaban J connectivity index is 2.25. The highest BCUT2D eigenvalue weighted by molar-refractivity contribution is 5.99. The fourth-order valence-electron chi connectivity index (χ4n) is 2.24. The van der Waals surface area contributed by atoms with Gasteiger partial charge in [0.2, 0.25) is 0 Å². The van der Waals surface area contributed by atoms with Gasteiger partial charge in [-0.15, -0.1) is 0 Å². The van der Waals surface area contributed by atoms with Crippen LogP contribution >= 0.6 is 0 Å². The second kappa shape index (κ2) is 5.35. The Morgan fingerprint density at radius 3 is 2.65 bits per heavy atom. The molecular formula is C15H21NO. The first-order valence-electron chi connectivity index (χ1n) is 6.60. The molecule has 0 atom stereocenters. The van der Waals surface area contributed by atoms with Crippen LogP contribution in [0.2, 0.25) is 0 Å². The van der Waals surface area contributed by atoms with E-state index in [1.54, 1.807) is 6.92 Å². The summed E-state index contributed by atoms with van der Waals surface area (Å²) in [4.78, 5) is 14.1. The minimum Gasteiger partial charge on any atom is -0.368 e. The number of hydrogen-bond donors (Lipinski definition) is 0. The van der Waals surface area contributed by atoms with Crippen molar-refractivity contribution in [3.63, 3.8) is 0 Å². The molecule has 92 valence electrons. The summed E-state index contributed by atoms with van der Waals surface area (Å²) < 4.78 is 0. The second-order valence-corrected chi connectivity index (χ2v) is 4.85. The van der Waals surface area contributed by atoms with Crippen LogP contribution in [-0.4, -0.2) is 18.4 Å². The summed E-state index contributed by atoms with van der Waals surface area (Å²) in [7, 11) is 0. The molecule has 0 saturated heterocycles. The molecule has 1 fully saturated rings. The SMILES string of the molecule is CCCCN(c1ccccc1C(C)=O)C1CC1. The van der Waals surface area contributed by atoms with Gasteiger partial charge in [-0.1, -0.05) is 25.5 Å². The van der Waals surface area contributed by atoms with Crippen molar-refractivity contribution >= 4 is 11.5 Å². The van der Waals surface area contributed by atoms with E-state index in [0.29, 0.717) is 6.04 Å². The van der Waals surface area contributed by atoms with E-state index >= 15 is 0 Å². The lowest BCUT2D eigenvalue weighted by atomic mass is 10.1. The average molecular weight is 231 g/mol. The average Bonchev–Trinajstić information content (AvgIpc) is 3.14. The highest BCUT2D eigenvalue weighted by atomic mass is 16.1. The van der Waals surface area contributed by atoms with Gasteiger partial charge < -0.3 is 4.90 Å². The van der Waals surface area contributed by atoms with Gasteiger partial charge in [0.05, 0.1) is 0 Å². The molecule has 1 saturated carbocycles. The van der Waals surface area contributed by atoms with Gasteiger partial charge >= 0.3 is 0 Å². The third-order valence-corrected chi connectivity index (χ3v) is 3.33. The number of Topliss-reactive ketones (excluding diaryl/α,β-unsaturated/α-hetero) is 1. The lowest BCUT2D eigenvalue weighted by Gasteiger charge is -2.26. The van der Waals surface area contributed by atoms with Gasteiger partial charge in [0.15, 0.2) is 5.78 Å². The molecule has 1 aromatic carbocycles. The third-order valence-electron chi connectivity index (χ3n) is 3.33. The maximum Gasteiger partial charge on any atom is 0.161 e. The largest absolute Gasteiger partial charge is 0.368 e. The summed E-state index contributed by atoms with van der Waals surface area (Å²) in [6, 6.07) is 8.68. The van der Waals surface area contributed by atoms with Crippen LogP contribution in [0.1, 0.15) is 49.9 Å². The van der Waals surface area contributed by atoms with E-state index in [9.17, 15) is 4.79 Å². The number of unbranched alkanes of at least 4 members (excludes halogenated alkanes) is 1. The minimum absolute atomic E-state index is 0.169. The molecule has 0 amide bonds. The van der Waals surface area contributed by atoms with E-state index in [4.69, 9.17) is 0 Å². The zero-order chi connectivity index (χ0) is 12.3. The van der Waals surface area contributed by atoms with Crippen LogP contribution in [0.5, 0.6) is 0 Å². The summed E-state index contributed by atoms with van der Waals surface area (Å²) >= 11 is 0. The van der Waals surface area contributed by atoms with Crippen LogP contribution in [-0.2, 0) is 0 Å². The first-order valence-corrected chi connectivity index (χ1v) is 6.60. The van der Waals surface area contributed by atoms with Crippen molar-refractivity contribution in [2.24, 2.45) is 0 Å². The molecule has 1 aliphatic carbocycles. The summed E-state index contributed by atoms with van der Waals surface area (Å²) in [5, 5.41) is 0. The van der Waals surface area contributed by atoms with E-state index in [1.807, 2.05) is 18.2 Å². The smallest absolute Gasteiger partial charge is 0.161 e. The molecular weight excluding hydrogens is 210 g/mol. The maximum absolute atomic E-state index is 11.7. The fraction of sp³-hybridized carbons (Fsp3) is 0.533. The predicted octanol–water partition coefficient (Wildman–Crippen LogP) is 3.66. The molecule has 2 heteroatoms. The molecule has 0 N–H and O–H groups in total. The molecule has 0 bridgehead atoms. The van der Waals surface area contributed by atoms with E-state index in [1.165, 1.54) is 25.7 Å². The van der Waals surface area contributed by atoms with Crippen LogP contribution in [0.3, 0.4) is 0 Å². The van der Waals surface area contributed by atoms with Crippen LogP contribution in [0.4, 0.5) is 5.69 Å².